The lowest BCUT2D eigenvalue weighted by Crippen LogP contribution is -2.51. The van der Waals surface area contributed by atoms with E-state index in [0.717, 1.165) is 4.47 Å². The number of hydrogen-bond acceptors (Lipinski definition) is 4. The van der Waals surface area contributed by atoms with Gasteiger partial charge < -0.3 is 10.4 Å². The highest BCUT2D eigenvalue weighted by Crippen LogP contribution is 2.53. The normalized spacial score (nSPS) is 25.9. The van der Waals surface area contributed by atoms with E-state index in [1.807, 2.05) is 0 Å². The highest BCUT2D eigenvalue weighted by Gasteiger charge is 2.65. The fraction of sp³-hybridized carbons (Fsp3) is 0.250. The van der Waals surface area contributed by atoms with Crippen molar-refractivity contribution in [3.05, 3.63) is 62.0 Å². The molecular weight excluding hydrogens is 483 g/mol. The number of amides is 1. The lowest BCUT2D eigenvalue weighted by Gasteiger charge is -2.35. The molecule has 29 heavy (non-hydrogen) atoms. The summed E-state index contributed by atoms with van der Waals surface area (Å²) in [7, 11) is 1.66. The van der Waals surface area contributed by atoms with Gasteiger partial charge >= 0.3 is 5.97 Å². The number of rotatable bonds is 3. The molecule has 0 unspecified atom stereocenters. The van der Waals surface area contributed by atoms with Gasteiger partial charge in [-0.05, 0) is 43.4 Å². The zero-order valence-corrected chi connectivity index (χ0v) is 18.2. The van der Waals surface area contributed by atoms with Crippen LogP contribution in [0.5, 0.6) is 0 Å². The van der Waals surface area contributed by atoms with Crippen molar-refractivity contribution < 1.29 is 19.5 Å². The maximum atomic E-state index is 13.6. The molecule has 2 aliphatic rings. The molecule has 4 rings (SSSR count). The van der Waals surface area contributed by atoms with Crippen molar-refractivity contribution in [3.63, 3.8) is 0 Å². The minimum absolute atomic E-state index is 0.0481. The highest BCUT2D eigenvalue weighted by molar-refractivity contribution is 9.10. The Kier molecular flexibility index (Phi) is 4.98. The lowest BCUT2D eigenvalue weighted by molar-refractivity contribution is -0.142. The summed E-state index contributed by atoms with van der Waals surface area (Å²) in [5.41, 5.74) is -0.100. The number of carbonyl (C=O) groups excluding carboxylic acids is 2. The van der Waals surface area contributed by atoms with Crippen LogP contribution in [0.25, 0.3) is 0 Å². The minimum Gasteiger partial charge on any atom is -0.481 e. The maximum Gasteiger partial charge on any atom is 0.308 e. The van der Waals surface area contributed by atoms with Crippen molar-refractivity contribution in [1.82, 2.24) is 4.90 Å². The third-order valence-corrected chi connectivity index (χ3v) is 6.95. The van der Waals surface area contributed by atoms with Gasteiger partial charge in [-0.25, -0.2) is 0 Å². The van der Waals surface area contributed by atoms with Crippen LogP contribution in [-0.2, 0) is 15.1 Å². The summed E-state index contributed by atoms with van der Waals surface area (Å²) in [6, 6.07) is 9.65. The third kappa shape index (κ3) is 2.91. The summed E-state index contributed by atoms with van der Waals surface area (Å²) in [5.74, 6) is -4.24. The molecule has 2 heterocycles. The number of benzene rings is 2. The Bertz CT molecular complexity index is 1080. The van der Waals surface area contributed by atoms with E-state index in [4.69, 9.17) is 23.2 Å². The summed E-state index contributed by atoms with van der Waals surface area (Å²) < 4.78 is 0.722. The molecular formula is C20H15BrCl2N2O4. The molecule has 0 saturated carbocycles. The fourth-order valence-electron chi connectivity index (χ4n) is 4.46. The van der Waals surface area contributed by atoms with Crippen LogP contribution in [0.3, 0.4) is 0 Å². The first-order chi connectivity index (χ1) is 13.7. The number of nitrogens with one attached hydrogen (secondary N) is 1. The number of carboxylic acids is 1. The molecule has 2 aromatic rings. The maximum absolute atomic E-state index is 13.6. The van der Waals surface area contributed by atoms with E-state index in [-0.39, 0.29) is 22.2 Å². The quantitative estimate of drug-likeness (QED) is 0.624. The smallest absolute Gasteiger partial charge is 0.308 e. The molecule has 0 bridgehead atoms. The van der Waals surface area contributed by atoms with Gasteiger partial charge in [0, 0.05) is 27.8 Å². The third-order valence-electron chi connectivity index (χ3n) is 5.72. The Morgan fingerprint density at radius 1 is 1.21 bits per heavy atom. The summed E-state index contributed by atoms with van der Waals surface area (Å²) in [4.78, 5) is 40.6. The zero-order valence-electron chi connectivity index (χ0n) is 15.1. The van der Waals surface area contributed by atoms with Crippen molar-refractivity contribution in [1.29, 1.82) is 0 Å². The van der Waals surface area contributed by atoms with Gasteiger partial charge in [-0.3, -0.25) is 19.3 Å². The molecule has 2 N–H and O–H groups in total. The number of likely N-dealkylation sites (N-methyl/N-ethyl adjacent to an activating group) is 1. The molecule has 2 aliphatic heterocycles. The monoisotopic (exact) mass is 496 g/mol. The van der Waals surface area contributed by atoms with E-state index < -0.39 is 35.0 Å². The number of hydrogen-bond donors (Lipinski definition) is 2. The molecule has 0 aliphatic carbocycles. The van der Waals surface area contributed by atoms with Gasteiger partial charge in [0.2, 0.25) is 5.91 Å². The van der Waals surface area contributed by atoms with Crippen LogP contribution >= 0.6 is 39.1 Å². The van der Waals surface area contributed by atoms with Crippen molar-refractivity contribution in [2.45, 2.75) is 5.54 Å². The molecule has 2 aromatic carbocycles. The number of Topliss-reactive ketones (excluding diaryl/α,β-unsaturated/α-hetero) is 1. The van der Waals surface area contributed by atoms with Crippen LogP contribution in [0, 0.1) is 11.8 Å². The molecule has 3 atom stereocenters. The molecule has 6 nitrogen and oxygen atoms in total. The summed E-state index contributed by atoms with van der Waals surface area (Å²) >= 11 is 15.4. The number of aliphatic carboxylic acids is 1. The van der Waals surface area contributed by atoms with Crippen molar-refractivity contribution in [3.8, 4) is 0 Å². The van der Waals surface area contributed by atoms with E-state index in [1.54, 1.807) is 30.1 Å². The molecule has 1 saturated heterocycles. The number of carbonyl (C=O) groups is 3. The number of anilines is 1. The standard InChI is InChI=1S/C20H15BrCl2N2O4/c1-25-8-11(18(27)28)16(17(26)9-2-4-13(22)14(23)6-9)20(25)12-7-10(21)3-5-15(12)24-19(20)29/h2-7,11,16H,8H2,1H3,(H,24,29)(H,27,28)/t11-,16-,20+/m0/s1. The second kappa shape index (κ2) is 7.09. The van der Waals surface area contributed by atoms with E-state index >= 15 is 0 Å². The van der Waals surface area contributed by atoms with Gasteiger partial charge in [0.05, 0.1) is 21.9 Å². The number of likely N-dealkylation sites (tertiary alicyclic amines) is 1. The highest BCUT2D eigenvalue weighted by atomic mass is 79.9. The van der Waals surface area contributed by atoms with Crippen LogP contribution in [0.1, 0.15) is 15.9 Å². The average molecular weight is 498 g/mol. The Hall–Kier alpha value is -1.93. The zero-order chi connectivity index (χ0) is 21.1. The predicted octanol–water partition coefficient (Wildman–Crippen LogP) is 4.05. The van der Waals surface area contributed by atoms with Crippen LogP contribution in [0.2, 0.25) is 10.0 Å². The summed E-state index contributed by atoms with van der Waals surface area (Å²) in [5, 5.41) is 13.1. The predicted molar refractivity (Wildman–Crippen MR) is 112 cm³/mol. The average Bonchev–Trinajstić information content (AvgIpc) is 3.13. The molecule has 150 valence electrons. The molecule has 1 spiro atoms. The Morgan fingerprint density at radius 3 is 2.59 bits per heavy atom. The summed E-state index contributed by atoms with van der Waals surface area (Å²) in [6.07, 6.45) is 0. The number of carboxylic acid groups (broad SMARTS) is 1. The number of fused-ring (bicyclic) bond motifs is 2. The van der Waals surface area contributed by atoms with Gasteiger partial charge in [0.1, 0.15) is 5.54 Å². The number of nitrogens with zero attached hydrogens (tertiary/aromatic N) is 1. The van der Waals surface area contributed by atoms with E-state index in [9.17, 15) is 19.5 Å². The topological polar surface area (TPSA) is 86.7 Å². The summed E-state index contributed by atoms with van der Waals surface area (Å²) in [6.45, 7) is 0.0481. The van der Waals surface area contributed by atoms with Crippen molar-refractivity contribution in [2.24, 2.45) is 11.8 Å². The molecule has 1 amide bonds. The van der Waals surface area contributed by atoms with Gasteiger partial charge in [-0.15, -0.1) is 0 Å². The first-order valence-corrected chi connectivity index (χ1v) is 10.3. The number of halogens is 3. The largest absolute Gasteiger partial charge is 0.481 e. The van der Waals surface area contributed by atoms with E-state index in [2.05, 4.69) is 21.2 Å². The molecule has 0 aromatic heterocycles. The second-order valence-electron chi connectivity index (χ2n) is 7.21. The van der Waals surface area contributed by atoms with Crippen LogP contribution in [-0.4, -0.2) is 41.3 Å². The van der Waals surface area contributed by atoms with E-state index in [1.165, 1.54) is 18.2 Å². The van der Waals surface area contributed by atoms with Crippen LogP contribution < -0.4 is 5.32 Å². The van der Waals surface area contributed by atoms with Crippen LogP contribution in [0.4, 0.5) is 5.69 Å². The second-order valence-corrected chi connectivity index (χ2v) is 8.94. The molecule has 9 heteroatoms. The Balaban J connectivity index is 1.94. The first kappa shape index (κ1) is 20.3. The molecule has 0 radical (unpaired) electrons. The fourth-order valence-corrected chi connectivity index (χ4v) is 5.12. The van der Waals surface area contributed by atoms with Crippen molar-refractivity contribution >= 4 is 62.5 Å². The van der Waals surface area contributed by atoms with Crippen molar-refractivity contribution in [2.75, 3.05) is 18.9 Å². The SMILES string of the molecule is CN1C[C@H](C(=O)O)[C@@H](C(=O)c2ccc(Cl)c(Cl)c2)[C@]12C(=O)Nc1ccc(Br)cc12. The lowest BCUT2D eigenvalue weighted by atomic mass is 9.72. The number of ketones is 1. The minimum atomic E-state index is -1.44. The van der Waals surface area contributed by atoms with Gasteiger partial charge in [0.15, 0.2) is 5.78 Å². The van der Waals surface area contributed by atoms with E-state index in [0.29, 0.717) is 11.3 Å². The Morgan fingerprint density at radius 2 is 1.93 bits per heavy atom. The molecule has 1 fully saturated rings. The van der Waals surface area contributed by atoms with Gasteiger partial charge in [-0.1, -0.05) is 39.1 Å². The first-order valence-electron chi connectivity index (χ1n) is 8.72. The Labute approximate surface area is 184 Å². The van der Waals surface area contributed by atoms with Gasteiger partial charge in [-0.2, -0.15) is 0 Å². The van der Waals surface area contributed by atoms with Gasteiger partial charge in [0.25, 0.3) is 0 Å². The van der Waals surface area contributed by atoms with Crippen LogP contribution in [0.15, 0.2) is 40.9 Å².